The summed E-state index contributed by atoms with van der Waals surface area (Å²) in [5, 5.41) is 10.5. The second kappa shape index (κ2) is 5.96. The van der Waals surface area contributed by atoms with Crippen molar-refractivity contribution in [2.24, 2.45) is 0 Å². The molecule has 2 aromatic rings. The van der Waals surface area contributed by atoms with Gasteiger partial charge >= 0.3 is 0 Å². The second-order valence-electron chi connectivity index (χ2n) is 4.48. The van der Waals surface area contributed by atoms with E-state index in [2.05, 4.69) is 19.1 Å². The average molecular weight is 253 g/mol. The van der Waals surface area contributed by atoms with Crippen LogP contribution in [0.1, 0.15) is 22.3 Å². The fourth-order valence-corrected chi connectivity index (χ4v) is 1.91. The summed E-state index contributed by atoms with van der Waals surface area (Å²) in [4.78, 5) is 10.2. The van der Waals surface area contributed by atoms with Crippen molar-refractivity contribution < 1.29 is 4.92 Å². The summed E-state index contributed by atoms with van der Waals surface area (Å²) >= 11 is 0. The minimum Gasteiger partial charge on any atom is -0.264 e. The van der Waals surface area contributed by atoms with Crippen LogP contribution in [0.5, 0.6) is 0 Å². The van der Waals surface area contributed by atoms with Crippen molar-refractivity contribution >= 4 is 12.2 Å². The molecule has 0 N–H and O–H groups in total. The van der Waals surface area contributed by atoms with E-state index in [9.17, 15) is 10.1 Å². The van der Waals surface area contributed by atoms with Crippen molar-refractivity contribution in [3.63, 3.8) is 0 Å². The Morgan fingerprint density at radius 3 is 2.32 bits per heavy atom. The van der Waals surface area contributed by atoms with Crippen LogP contribution in [0.15, 0.2) is 48.5 Å². The van der Waals surface area contributed by atoms with Gasteiger partial charge in [-0.1, -0.05) is 60.2 Å². The van der Waals surface area contributed by atoms with Gasteiger partial charge in [-0.25, -0.2) is 0 Å². The summed E-state index contributed by atoms with van der Waals surface area (Å²) in [5.41, 5.74) is 4.03. The highest BCUT2D eigenvalue weighted by molar-refractivity contribution is 5.70. The van der Waals surface area contributed by atoms with Gasteiger partial charge in [0.2, 0.25) is 6.54 Å². The highest BCUT2D eigenvalue weighted by Crippen LogP contribution is 2.12. The van der Waals surface area contributed by atoms with Gasteiger partial charge < -0.3 is 0 Å². The van der Waals surface area contributed by atoms with Crippen LogP contribution in [0, 0.1) is 17.0 Å². The van der Waals surface area contributed by atoms with E-state index in [0.717, 1.165) is 16.7 Å². The molecule has 2 aromatic carbocycles. The van der Waals surface area contributed by atoms with Crippen molar-refractivity contribution in [2.45, 2.75) is 13.5 Å². The molecule has 0 bridgehead atoms. The molecule has 0 spiro atoms. The molecule has 0 unspecified atom stereocenters. The van der Waals surface area contributed by atoms with E-state index >= 15 is 0 Å². The molecule has 96 valence electrons. The summed E-state index contributed by atoms with van der Waals surface area (Å²) in [6.07, 6.45) is 3.98. The van der Waals surface area contributed by atoms with Crippen LogP contribution >= 0.6 is 0 Å². The zero-order valence-corrected chi connectivity index (χ0v) is 10.7. The minimum absolute atomic E-state index is 0.133. The Balaban J connectivity index is 2.16. The van der Waals surface area contributed by atoms with Crippen molar-refractivity contribution in [3.05, 3.63) is 80.9 Å². The van der Waals surface area contributed by atoms with Crippen molar-refractivity contribution in [3.8, 4) is 0 Å². The third-order valence-corrected chi connectivity index (χ3v) is 2.77. The van der Waals surface area contributed by atoms with Gasteiger partial charge in [-0.05, 0) is 24.1 Å². The zero-order valence-electron chi connectivity index (χ0n) is 10.7. The topological polar surface area (TPSA) is 43.1 Å². The molecule has 0 atom stereocenters. The monoisotopic (exact) mass is 253 g/mol. The van der Waals surface area contributed by atoms with Crippen LogP contribution in [0.3, 0.4) is 0 Å². The number of rotatable bonds is 4. The first-order chi connectivity index (χ1) is 9.13. The Morgan fingerprint density at radius 2 is 1.68 bits per heavy atom. The lowest BCUT2D eigenvalue weighted by atomic mass is 10.1. The van der Waals surface area contributed by atoms with Crippen molar-refractivity contribution in [1.29, 1.82) is 0 Å². The third-order valence-electron chi connectivity index (χ3n) is 2.77. The second-order valence-corrected chi connectivity index (χ2v) is 4.48. The smallest absolute Gasteiger partial charge is 0.228 e. The molecule has 0 aliphatic heterocycles. The van der Waals surface area contributed by atoms with Gasteiger partial charge in [-0.2, -0.15) is 0 Å². The van der Waals surface area contributed by atoms with E-state index in [1.807, 2.05) is 42.5 Å². The normalized spacial score (nSPS) is 10.8. The Bertz CT molecular complexity index is 618. The van der Waals surface area contributed by atoms with E-state index in [1.54, 1.807) is 6.07 Å². The first-order valence-corrected chi connectivity index (χ1v) is 6.09. The molecule has 0 amide bonds. The molecule has 19 heavy (non-hydrogen) atoms. The van der Waals surface area contributed by atoms with E-state index in [4.69, 9.17) is 0 Å². The molecule has 0 radical (unpaired) electrons. The van der Waals surface area contributed by atoms with Gasteiger partial charge in [-0.15, -0.1) is 0 Å². The fraction of sp³-hybridized carbons (Fsp3) is 0.125. The third kappa shape index (κ3) is 4.07. The lowest BCUT2D eigenvalue weighted by Gasteiger charge is -1.99. The van der Waals surface area contributed by atoms with E-state index in [-0.39, 0.29) is 11.5 Å². The van der Waals surface area contributed by atoms with Crippen LogP contribution in [-0.2, 0) is 6.54 Å². The van der Waals surface area contributed by atoms with E-state index in [0.29, 0.717) is 0 Å². The summed E-state index contributed by atoms with van der Waals surface area (Å²) in [6, 6.07) is 15.6. The molecular weight excluding hydrogens is 238 g/mol. The van der Waals surface area contributed by atoms with E-state index in [1.165, 1.54) is 5.56 Å². The summed E-state index contributed by atoms with van der Waals surface area (Å²) in [5.74, 6) is 0. The molecule has 0 heterocycles. The standard InChI is InChI=1S/C16H15NO2/c1-13-4-2-5-14(10-13)8-9-15-6-3-7-16(11-15)12-17(18)19/h2-11H,12H2,1H3. The first-order valence-electron chi connectivity index (χ1n) is 6.09. The Morgan fingerprint density at radius 1 is 1.05 bits per heavy atom. The van der Waals surface area contributed by atoms with Crippen LogP contribution < -0.4 is 0 Å². The van der Waals surface area contributed by atoms with Gasteiger partial charge in [0.25, 0.3) is 0 Å². The Kier molecular flexibility index (Phi) is 4.08. The molecule has 0 aliphatic carbocycles. The van der Waals surface area contributed by atoms with Crippen molar-refractivity contribution in [2.75, 3.05) is 0 Å². The molecule has 0 aromatic heterocycles. The van der Waals surface area contributed by atoms with Crippen LogP contribution in [0.4, 0.5) is 0 Å². The van der Waals surface area contributed by atoms with Gasteiger partial charge in [0, 0.05) is 10.5 Å². The van der Waals surface area contributed by atoms with Crippen LogP contribution in [-0.4, -0.2) is 4.92 Å². The maximum atomic E-state index is 10.5. The van der Waals surface area contributed by atoms with E-state index < -0.39 is 0 Å². The van der Waals surface area contributed by atoms with Crippen molar-refractivity contribution in [1.82, 2.24) is 0 Å². The lowest BCUT2D eigenvalue weighted by Crippen LogP contribution is -1.97. The maximum absolute atomic E-state index is 10.5. The SMILES string of the molecule is Cc1cccc(C=Cc2cccc(C[N+](=O)[O-])c2)c1. The van der Waals surface area contributed by atoms with Crippen LogP contribution in [0.2, 0.25) is 0 Å². The minimum atomic E-state index is -0.316. The molecular formula is C16H15NO2. The number of hydrogen-bond acceptors (Lipinski definition) is 2. The first kappa shape index (κ1) is 13.0. The number of hydrogen-bond donors (Lipinski definition) is 0. The number of benzene rings is 2. The highest BCUT2D eigenvalue weighted by atomic mass is 16.6. The average Bonchev–Trinajstić information content (AvgIpc) is 2.36. The van der Waals surface area contributed by atoms with Gasteiger partial charge in [-0.3, -0.25) is 10.1 Å². The van der Waals surface area contributed by atoms with Gasteiger partial charge in [0.05, 0.1) is 0 Å². The molecule has 0 saturated heterocycles. The fourth-order valence-electron chi connectivity index (χ4n) is 1.91. The molecule has 2 rings (SSSR count). The maximum Gasteiger partial charge on any atom is 0.228 e. The number of nitrogens with zero attached hydrogens (tertiary/aromatic N) is 1. The number of aryl methyl sites for hydroxylation is 1. The van der Waals surface area contributed by atoms with Gasteiger partial charge in [0.1, 0.15) is 0 Å². The zero-order chi connectivity index (χ0) is 13.7. The molecule has 3 nitrogen and oxygen atoms in total. The lowest BCUT2D eigenvalue weighted by molar-refractivity contribution is -0.496. The largest absolute Gasteiger partial charge is 0.264 e. The molecule has 0 aliphatic rings. The highest BCUT2D eigenvalue weighted by Gasteiger charge is 2.00. The molecule has 0 saturated carbocycles. The van der Waals surface area contributed by atoms with Crippen LogP contribution in [0.25, 0.3) is 12.2 Å². The molecule has 0 fully saturated rings. The van der Waals surface area contributed by atoms with Gasteiger partial charge in [0.15, 0.2) is 0 Å². The predicted molar refractivity (Wildman–Crippen MR) is 77.2 cm³/mol. The summed E-state index contributed by atoms with van der Waals surface area (Å²) < 4.78 is 0. The predicted octanol–water partition coefficient (Wildman–Crippen LogP) is 3.94. The Labute approximate surface area is 112 Å². The Hall–Kier alpha value is -2.42. The quantitative estimate of drug-likeness (QED) is 0.470. The number of nitro groups is 1. The summed E-state index contributed by atoms with van der Waals surface area (Å²) in [6.45, 7) is 1.92. The summed E-state index contributed by atoms with van der Waals surface area (Å²) in [7, 11) is 0. The molecule has 3 heteroatoms.